The standard InChI is InChI=1S/C36H27N5O23S6/c1-16-2-3-24(27(8-16)41(45)46)40-36(44)37-19-10-17(34(42)38-25-4-6-28(67(53,54)55)22-12-20(65(47,48)49)14-30(32(22)25)69(59,60)61)9-18(11-19)35(43)39-26-5-7-29(68(56,57)58)23-13-21(66(50,51)52)15-31(33(23)26)70(62,63)64/h2-15H,1H3,(H,38,42)(H,39,43)(H2,37,40,44)(H,47,48,49)(H,50,51,52)(H,53,54,55)(H,56,57,58)(H,59,60,61)(H,62,63,64). The summed E-state index contributed by atoms with van der Waals surface area (Å²) in [7, 11) is -32.9. The summed E-state index contributed by atoms with van der Waals surface area (Å²) >= 11 is 0. The molecule has 0 atom stereocenters. The van der Waals surface area contributed by atoms with E-state index < -0.39 is 168 Å². The summed E-state index contributed by atoms with van der Waals surface area (Å²) in [5.41, 5.74) is -4.20. The molecule has 0 spiro atoms. The number of nitrogens with zero attached hydrogens (tertiary/aromatic N) is 1. The molecule has 6 aromatic rings. The fourth-order valence-corrected chi connectivity index (χ4v) is 10.8. The third-order valence-electron chi connectivity index (χ3n) is 9.54. The molecule has 6 aromatic carbocycles. The zero-order valence-electron chi connectivity index (χ0n) is 34.1. The first-order valence-electron chi connectivity index (χ1n) is 18.1. The molecule has 0 aliphatic heterocycles. The van der Waals surface area contributed by atoms with Crippen LogP contribution >= 0.6 is 0 Å². The van der Waals surface area contributed by atoms with Gasteiger partial charge in [-0.25, -0.2) is 4.79 Å². The summed E-state index contributed by atoms with van der Waals surface area (Å²) in [5, 5.41) is 16.3. The van der Waals surface area contributed by atoms with Crippen molar-refractivity contribution in [1.82, 2.24) is 0 Å². The van der Waals surface area contributed by atoms with Crippen LogP contribution in [-0.2, 0) is 60.7 Å². The lowest BCUT2D eigenvalue weighted by atomic mass is 10.0. The lowest BCUT2D eigenvalue weighted by Crippen LogP contribution is -2.22. The maximum Gasteiger partial charge on any atom is 0.323 e. The molecule has 0 radical (unpaired) electrons. The van der Waals surface area contributed by atoms with Crippen molar-refractivity contribution in [3.05, 3.63) is 112 Å². The van der Waals surface area contributed by atoms with Gasteiger partial charge in [0.25, 0.3) is 78.2 Å². The largest absolute Gasteiger partial charge is 0.323 e. The monoisotopic (exact) mass is 1090 g/mol. The van der Waals surface area contributed by atoms with Crippen LogP contribution in [0.15, 0.2) is 114 Å². The topological polar surface area (TPSA) is 469 Å². The highest BCUT2D eigenvalue weighted by molar-refractivity contribution is 7.88. The summed E-state index contributed by atoms with van der Waals surface area (Å²) < 4.78 is 207. The number of nitro benzene ring substituents is 1. The lowest BCUT2D eigenvalue weighted by molar-refractivity contribution is -0.384. The lowest BCUT2D eigenvalue weighted by Gasteiger charge is -2.17. The third kappa shape index (κ3) is 11.2. The Bertz CT molecular complexity index is 3830. The smallest absolute Gasteiger partial charge is 0.321 e. The number of carbonyl (C=O) groups is 3. The number of nitro groups is 1. The van der Waals surface area contributed by atoms with Crippen LogP contribution in [0.3, 0.4) is 0 Å². The number of anilines is 4. The van der Waals surface area contributed by atoms with Crippen molar-refractivity contribution in [2.45, 2.75) is 36.3 Å². The quantitative estimate of drug-likeness (QED) is 0.0446. The molecule has 4 amide bonds. The Balaban J connectivity index is 1.55. The maximum atomic E-state index is 14.1. The average Bonchev–Trinajstić information content (AvgIpc) is 3.21. The van der Waals surface area contributed by atoms with Crippen molar-refractivity contribution >= 4 is 129 Å². The van der Waals surface area contributed by atoms with Crippen molar-refractivity contribution in [2.24, 2.45) is 0 Å². The summed E-state index contributed by atoms with van der Waals surface area (Å²) in [5.74, 6) is -2.88. The molecule has 0 heterocycles. The van der Waals surface area contributed by atoms with Crippen LogP contribution in [0.25, 0.3) is 21.5 Å². The minimum atomic E-state index is -5.65. The average molecular weight is 1090 g/mol. The van der Waals surface area contributed by atoms with Crippen LogP contribution in [0, 0.1) is 17.0 Å². The Morgan fingerprint density at radius 1 is 0.457 bits per heavy atom. The van der Waals surface area contributed by atoms with Gasteiger partial charge in [0, 0.05) is 44.4 Å². The zero-order valence-corrected chi connectivity index (χ0v) is 39.0. The van der Waals surface area contributed by atoms with Gasteiger partial charge in [0.2, 0.25) is 0 Å². The number of aryl methyl sites for hydroxylation is 1. The van der Waals surface area contributed by atoms with E-state index in [1.807, 2.05) is 0 Å². The van der Waals surface area contributed by atoms with Crippen molar-refractivity contribution < 1.29 is 97.1 Å². The molecular formula is C36H27N5O23S6. The molecule has 0 aliphatic carbocycles. The summed E-state index contributed by atoms with van der Waals surface area (Å²) in [6.45, 7) is 1.50. The van der Waals surface area contributed by atoms with Crippen molar-refractivity contribution in [3.63, 3.8) is 0 Å². The highest BCUT2D eigenvalue weighted by Gasteiger charge is 2.30. The van der Waals surface area contributed by atoms with Gasteiger partial charge in [-0.3, -0.25) is 47.0 Å². The van der Waals surface area contributed by atoms with Crippen LogP contribution in [0.5, 0.6) is 0 Å². The van der Waals surface area contributed by atoms with Gasteiger partial charge in [-0.15, -0.1) is 0 Å². The van der Waals surface area contributed by atoms with Gasteiger partial charge >= 0.3 is 6.03 Å². The van der Waals surface area contributed by atoms with E-state index in [1.54, 1.807) is 0 Å². The molecule has 70 heavy (non-hydrogen) atoms. The van der Waals surface area contributed by atoms with E-state index in [1.165, 1.54) is 13.0 Å². The Hall–Kier alpha value is -7.09. The molecule has 0 aliphatic rings. The number of fused-ring (bicyclic) bond motifs is 2. The highest BCUT2D eigenvalue weighted by Crippen LogP contribution is 2.39. The molecule has 0 saturated carbocycles. The van der Waals surface area contributed by atoms with Crippen molar-refractivity contribution in [2.75, 3.05) is 21.3 Å². The van der Waals surface area contributed by atoms with Gasteiger partial charge in [0.1, 0.15) is 25.3 Å². The van der Waals surface area contributed by atoms with E-state index in [9.17, 15) is 102 Å². The number of hydrogen-bond donors (Lipinski definition) is 10. The predicted octanol–water partition coefficient (Wildman–Crippen LogP) is 3.84. The Kier molecular flexibility index (Phi) is 13.5. The summed E-state index contributed by atoms with van der Waals surface area (Å²) in [4.78, 5) is 44.4. The van der Waals surface area contributed by atoms with Gasteiger partial charge in [-0.2, -0.15) is 50.5 Å². The molecule has 6 rings (SSSR count). The second kappa shape index (κ2) is 18.0. The number of nitrogens with one attached hydrogen (secondary N) is 4. The maximum absolute atomic E-state index is 14.1. The third-order valence-corrected chi connectivity index (χ3v) is 14.8. The first kappa shape index (κ1) is 52.3. The molecule has 0 fully saturated rings. The van der Waals surface area contributed by atoms with E-state index in [2.05, 4.69) is 21.3 Å². The molecule has 0 unspecified atom stereocenters. The number of hydrogen-bond acceptors (Lipinski definition) is 17. The van der Waals surface area contributed by atoms with Gasteiger partial charge < -0.3 is 21.3 Å². The number of benzene rings is 6. The summed E-state index contributed by atoms with van der Waals surface area (Å²) in [6.07, 6.45) is 0. The van der Waals surface area contributed by atoms with Crippen molar-refractivity contribution in [3.8, 4) is 0 Å². The second-order valence-electron chi connectivity index (χ2n) is 14.3. The number of carbonyl (C=O) groups excluding carboxylic acids is 3. The number of amides is 4. The minimum Gasteiger partial charge on any atom is -0.321 e. The molecule has 10 N–H and O–H groups in total. The molecule has 34 heteroatoms. The van der Waals surface area contributed by atoms with E-state index in [4.69, 9.17) is 0 Å². The van der Waals surface area contributed by atoms with Crippen LogP contribution in [0.4, 0.5) is 33.2 Å². The molecule has 0 bridgehead atoms. The molecule has 0 aromatic heterocycles. The first-order chi connectivity index (χ1) is 31.9. The van der Waals surface area contributed by atoms with Crippen molar-refractivity contribution in [1.29, 1.82) is 0 Å². The number of rotatable bonds is 13. The van der Waals surface area contributed by atoms with Gasteiger partial charge in [0.05, 0.1) is 26.1 Å². The minimum absolute atomic E-state index is 0.156. The fourth-order valence-electron chi connectivity index (χ4n) is 6.69. The second-order valence-corrected chi connectivity index (χ2v) is 22.7. The molecular weight excluding hydrogens is 1060 g/mol. The SMILES string of the molecule is Cc1ccc(NC(=O)Nc2cc(C(=O)Nc3ccc(S(=O)(=O)O)c4cc(S(=O)(=O)O)cc(S(=O)(=O)O)c34)cc(C(=O)Nc3ccc(S(=O)(=O)O)c4cc(S(=O)(=O)O)cc(S(=O)(=O)O)c34)c2)c([N+](=O)[O-])c1. The van der Waals surface area contributed by atoms with E-state index in [0.717, 1.165) is 24.3 Å². The fraction of sp³-hybridized carbons (Fsp3) is 0.0278. The Morgan fingerprint density at radius 2 is 0.843 bits per heavy atom. The Labute approximate surface area is 393 Å². The van der Waals surface area contributed by atoms with Crippen LogP contribution in [0.1, 0.15) is 26.3 Å². The first-order valence-corrected chi connectivity index (χ1v) is 26.8. The van der Waals surface area contributed by atoms with E-state index >= 15 is 0 Å². The molecule has 370 valence electrons. The summed E-state index contributed by atoms with van der Waals surface area (Å²) in [6, 6.07) is 7.98. The van der Waals surface area contributed by atoms with Crippen LogP contribution in [0.2, 0.25) is 0 Å². The molecule has 0 saturated heterocycles. The number of urea groups is 1. The predicted molar refractivity (Wildman–Crippen MR) is 240 cm³/mol. The van der Waals surface area contributed by atoms with Gasteiger partial charge in [-0.05, 0) is 85.3 Å². The highest BCUT2D eigenvalue weighted by atomic mass is 32.2. The van der Waals surface area contributed by atoms with E-state index in [-0.39, 0.29) is 17.8 Å². The molecule has 28 nitrogen and oxygen atoms in total. The van der Waals surface area contributed by atoms with Crippen LogP contribution in [-0.4, -0.2) is 101 Å². The Morgan fingerprint density at radius 3 is 1.20 bits per heavy atom. The zero-order chi connectivity index (χ0) is 52.4. The van der Waals surface area contributed by atoms with Gasteiger partial charge in [0.15, 0.2) is 0 Å². The van der Waals surface area contributed by atoms with E-state index in [0.29, 0.717) is 48.0 Å². The van der Waals surface area contributed by atoms with Gasteiger partial charge in [-0.1, -0.05) is 6.07 Å². The van der Waals surface area contributed by atoms with Crippen LogP contribution < -0.4 is 21.3 Å². The normalized spacial score (nSPS) is 12.6.